The van der Waals surface area contributed by atoms with Gasteiger partial charge in [-0.1, -0.05) is 12.1 Å². The van der Waals surface area contributed by atoms with E-state index in [0.717, 1.165) is 5.75 Å². The number of carboxylic acids is 1. The van der Waals surface area contributed by atoms with Crippen LogP contribution in [0.15, 0.2) is 18.2 Å². The highest BCUT2D eigenvalue weighted by Crippen LogP contribution is 2.23. The monoisotopic (exact) mass is 312 g/mol. The number of aliphatic carboxylic acids is 1. The van der Waals surface area contributed by atoms with E-state index in [1.54, 1.807) is 30.8 Å². The van der Waals surface area contributed by atoms with Gasteiger partial charge in [-0.15, -0.1) is 0 Å². The highest BCUT2D eigenvalue weighted by molar-refractivity contribution is 7.99. The summed E-state index contributed by atoms with van der Waals surface area (Å²) >= 11 is 1.62. The van der Waals surface area contributed by atoms with Crippen LogP contribution in [0, 0.1) is 12.7 Å². The predicted molar refractivity (Wildman–Crippen MR) is 80.2 cm³/mol. The van der Waals surface area contributed by atoms with Crippen molar-refractivity contribution in [2.75, 3.05) is 23.4 Å². The Morgan fingerprint density at radius 3 is 2.95 bits per heavy atom. The number of nitrogens with one attached hydrogen (secondary N) is 1. The van der Waals surface area contributed by atoms with Gasteiger partial charge in [0.05, 0.1) is 18.2 Å². The standard InChI is InChI=1S/C14H17FN2O3S/c1-9-3-2-4-11(15)13(9)16-14(20)17-5-6-21-8-10(17)7-12(18)19/h2-4,10H,5-8H2,1H3,(H,16,20)(H,18,19). The van der Waals surface area contributed by atoms with Crippen LogP contribution >= 0.6 is 11.8 Å². The van der Waals surface area contributed by atoms with E-state index in [-0.39, 0.29) is 18.2 Å². The molecule has 0 spiro atoms. The van der Waals surface area contributed by atoms with Crippen LogP contribution in [0.2, 0.25) is 0 Å². The molecular formula is C14H17FN2O3S. The molecule has 2 amide bonds. The van der Waals surface area contributed by atoms with Crippen molar-refractivity contribution in [1.82, 2.24) is 4.90 Å². The number of benzene rings is 1. The highest BCUT2D eigenvalue weighted by Gasteiger charge is 2.29. The summed E-state index contributed by atoms with van der Waals surface area (Å²) in [6.07, 6.45) is -0.101. The Kier molecular flexibility index (Phi) is 5.06. The minimum Gasteiger partial charge on any atom is -0.481 e. The zero-order chi connectivity index (χ0) is 15.4. The summed E-state index contributed by atoms with van der Waals surface area (Å²) in [5, 5.41) is 11.5. The lowest BCUT2D eigenvalue weighted by Crippen LogP contribution is -2.49. The lowest BCUT2D eigenvalue weighted by Gasteiger charge is -2.34. The first-order valence-electron chi connectivity index (χ1n) is 6.61. The zero-order valence-electron chi connectivity index (χ0n) is 11.6. The molecule has 1 saturated heterocycles. The van der Waals surface area contributed by atoms with Gasteiger partial charge in [0.25, 0.3) is 0 Å². The van der Waals surface area contributed by atoms with Crippen molar-refractivity contribution in [1.29, 1.82) is 0 Å². The number of amides is 2. The summed E-state index contributed by atoms with van der Waals surface area (Å²) in [6.45, 7) is 2.17. The number of carboxylic acid groups (broad SMARTS) is 1. The molecule has 1 unspecified atom stereocenters. The van der Waals surface area contributed by atoms with E-state index in [0.29, 0.717) is 17.9 Å². The normalized spacial score (nSPS) is 18.4. The summed E-state index contributed by atoms with van der Waals surface area (Å²) in [4.78, 5) is 24.7. The largest absolute Gasteiger partial charge is 0.481 e. The van der Waals surface area contributed by atoms with Crippen LogP contribution in [0.1, 0.15) is 12.0 Å². The van der Waals surface area contributed by atoms with Gasteiger partial charge in [-0.2, -0.15) is 11.8 Å². The van der Waals surface area contributed by atoms with E-state index >= 15 is 0 Å². The molecular weight excluding hydrogens is 295 g/mol. The summed E-state index contributed by atoms with van der Waals surface area (Å²) < 4.78 is 13.8. The SMILES string of the molecule is Cc1cccc(F)c1NC(=O)N1CCSCC1CC(=O)O. The van der Waals surface area contributed by atoms with E-state index in [9.17, 15) is 14.0 Å². The molecule has 0 bridgehead atoms. The first kappa shape index (κ1) is 15.6. The third-order valence-corrected chi connectivity index (χ3v) is 4.44. The van der Waals surface area contributed by atoms with E-state index in [1.165, 1.54) is 11.0 Å². The van der Waals surface area contributed by atoms with Gasteiger partial charge < -0.3 is 15.3 Å². The average molecular weight is 312 g/mol. The molecule has 0 aliphatic carbocycles. The van der Waals surface area contributed by atoms with Crippen molar-refractivity contribution in [3.63, 3.8) is 0 Å². The molecule has 1 fully saturated rings. The van der Waals surface area contributed by atoms with E-state index in [4.69, 9.17) is 5.11 Å². The maximum absolute atomic E-state index is 13.8. The van der Waals surface area contributed by atoms with Gasteiger partial charge in [-0.25, -0.2) is 9.18 Å². The first-order valence-corrected chi connectivity index (χ1v) is 7.76. The van der Waals surface area contributed by atoms with Gasteiger partial charge >= 0.3 is 12.0 Å². The van der Waals surface area contributed by atoms with Crippen molar-refractivity contribution >= 4 is 29.4 Å². The van der Waals surface area contributed by atoms with Crippen LogP contribution in [0.4, 0.5) is 14.9 Å². The van der Waals surface area contributed by atoms with Gasteiger partial charge in [0.15, 0.2) is 0 Å². The lowest BCUT2D eigenvalue weighted by atomic mass is 10.2. The number of hydrogen-bond acceptors (Lipinski definition) is 3. The minimum absolute atomic E-state index is 0.101. The van der Waals surface area contributed by atoms with Crippen molar-refractivity contribution in [3.05, 3.63) is 29.6 Å². The minimum atomic E-state index is -0.942. The number of carbonyl (C=O) groups excluding carboxylic acids is 1. The smallest absolute Gasteiger partial charge is 0.322 e. The van der Waals surface area contributed by atoms with Crippen molar-refractivity contribution < 1.29 is 19.1 Å². The Bertz CT molecular complexity index is 533. The van der Waals surface area contributed by atoms with Crippen LogP contribution in [-0.2, 0) is 4.79 Å². The predicted octanol–water partition coefficient (Wildman–Crippen LogP) is 2.56. The third-order valence-electron chi connectivity index (χ3n) is 3.35. The highest BCUT2D eigenvalue weighted by atomic mass is 32.2. The molecule has 1 aliphatic heterocycles. The molecule has 0 aromatic heterocycles. The van der Waals surface area contributed by atoms with E-state index < -0.39 is 17.8 Å². The number of urea groups is 1. The summed E-state index contributed by atoms with van der Waals surface area (Å²) in [6, 6.07) is 3.75. The fourth-order valence-electron chi connectivity index (χ4n) is 2.26. The van der Waals surface area contributed by atoms with Gasteiger partial charge in [-0.3, -0.25) is 4.79 Å². The van der Waals surface area contributed by atoms with Crippen molar-refractivity contribution in [2.24, 2.45) is 0 Å². The summed E-state index contributed by atoms with van der Waals surface area (Å²) in [5.74, 6) is -0.109. The Morgan fingerprint density at radius 2 is 2.29 bits per heavy atom. The van der Waals surface area contributed by atoms with Gasteiger partial charge in [0, 0.05) is 18.1 Å². The fraction of sp³-hybridized carbons (Fsp3) is 0.429. The lowest BCUT2D eigenvalue weighted by molar-refractivity contribution is -0.137. The quantitative estimate of drug-likeness (QED) is 0.900. The number of carbonyl (C=O) groups is 2. The van der Waals surface area contributed by atoms with Crippen molar-refractivity contribution in [2.45, 2.75) is 19.4 Å². The second-order valence-corrected chi connectivity index (χ2v) is 6.03. The molecule has 1 aliphatic rings. The number of nitrogens with zero attached hydrogens (tertiary/aromatic N) is 1. The zero-order valence-corrected chi connectivity index (χ0v) is 12.5. The average Bonchev–Trinajstić information content (AvgIpc) is 2.43. The molecule has 2 rings (SSSR count). The van der Waals surface area contributed by atoms with E-state index in [2.05, 4.69) is 5.32 Å². The Hall–Kier alpha value is -1.76. The molecule has 5 nitrogen and oxygen atoms in total. The molecule has 2 N–H and O–H groups in total. The number of thioether (sulfide) groups is 1. The maximum atomic E-state index is 13.8. The first-order chi connectivity index (χ1) is 9.99. The summed E-state index contributed by atoms with van der Waals surface area (Å²) in [5.41, 5.74) is 0.777. The second-order valence-electron chi connectivity index (χ2n) is 4.88. The van der Waals surface area contributed by atoms with Gasteiger partial charge in [-0.05, 0) is 18.6 Å². The number of anilines is 1. The number of para-hydroxylation sites is 1. The molecule has 1 heterocycles. The molecule has 1 aromatic rings. The third kappa shape index (κ3) is 3.87. The molecule has 7 heteroatoms. The van der Waals surface area contributed by atoms with Gasteiger partial charge in [0.2, 0.25) is 0 Å². The number of hydrogen-bond donors (Lipinski definition) is 2. The Morgan fingerprint density at radius 1 is 1.52 bits per heavy atom. The number of halogens is 1. The maximum Gasteiger partial charge on any atom is 0.322 e. The topological polar surface area (TPSA) is 69.6 Å². The Labute approximate surface area is 126 Å². The van der Waals surface area contributed by atoms with Crippen LogP contribution in [0.5, 0.6) is 0 Å². The second kappa shape index (κ2) is 6.80. The molecule has 21 heavy (non-hydrogen) atoms. The van der Waals surface area contributed by atoms with Crippen LogP contribution in [-0.4, -0.2) is 46.1 Å². The van der Waals surface area contributed by atoms with Crippen LogP contribution < -0.4 is 5.32 Å². The van der Waals surface area contributed by atoms with E-state index in [1.807, 2.05) is 0 Å². The number of aryl methyl sites for hydroxylation is 1. The van der Waals surface area contributed by atoms with Crippen LogP contribution in [0.3, 0.4) is 0 Å². The Balaban J connectivity index is 2.12. The molecule has 0 saturated carbocycles. The van der Waals surface area contributed by atoms with Crippen LogP contribution in [0.25, 0.3) is 0 Å². The molecule has 114 valence electrons. The molecule has 0 radical (unpaired) electrons. The fourth-order valence-corrected chi connectivity index (χ4v) is 3.32. The summed E-state index contributed by atoms with van der Waals surface area (Å²) in [7, 11) is 0. The van der Waals surface area contributed by atoms with Crippen molar-refractivity contribution in [3.8, 4) is 0 Å². The van der Waals surface area contributed by atoms with Gasteiger partial charge in [0.1, 0.15) is 5.82 Å². The number of rotatable bonds is 3. The molecule has 1 atom stereocenters. The molecule has 1 aromatic carbocycles.